The van der Waals surface area contributed by atoms with Gasteiger partial charge in [-0.05, 0) is 41.0 Å². The minimum Gasteiger partial charge on any atom is -0.387 e. The highest BCUT2D eigenvalue weighted by Gasteiger charge is 2.16. The molecule has 3 aromatic rings. The lowest BCUT2D eigenvalue weighted by atomic mass is 9.94. The SMILES string of the molecule is CNc1c(C(N)=O)cc(-c2ccccc2)cc1-c1ccncc1. The Kier molecular flexibility index (Phi) is 4.06. The average molecular weight is 303 g/mol. The fraction of sp³-hybridized carbons (Fsp3) is 0.0526. The van der Waals surface area contributed by atoms with Crippen LogP contribution in [0, 0.1) is 0 Å². The van der Waals surface area contributed by atoms with Gasteiger partial charge in [-0.25, -0.2) is 0 Å². The molecule has 4 heteroatoms. The first-order chi connectivity index (χ1) is 11.2. The van der Waals surface area contributed by atoms with Crippen LogP contribution < -0.4 is 11.1 Å². The second kappa shape index (κ2) is 6.32. The van der Waals surface area contributed by atoms with Crippen LogP contribution >= 0.6 is 0 Å². The molecule has 0 saturated carbocycles. The van der Waals surface area contributed by atoms with Gasteiger partial charge in [0.2, 0.25) is 0 Å². The number of amides is 1. The molecule has 0 spiro atoms. The molecule has 0 saturated heterocycles. The monoisotopic (exact) mass is 303 g/mol. The van der Waals surface area contributed by atoms with Crippen LogP contribution in [0.4, 0.5) is 5.69 Å². The molecule has 23 heavy (non-hydrogen) atoms. The van der Waals surface area contributed by atoms with Crippen molar-refractivity contribution in [3.8, 4) is 22.3 Å². The van der Waals surface area contributed by atoms with E-state index in [1.165, 1.54) is 0 Å². The molecule has 1 heterocycles. The maximum absolute atomic E-state index is 11.9. The Hall–Kier alpha value is -3.14. The summed E-state index contributed by atoms with van der Waals surface area (Å²) >= 11 is 0. The molecule has 3 rings (SSSR count). The summed E-state index contributed by atoms with van der Waals surface area (Å²) in [5, 5.41) is 3.10. The van der Waals surface area contributed by atoms with E-state index in [-0.39, 0.29) is 0 Å². The number of pyridine rings is 1. The Morgan fingerprint density at radius 2 is 1.65 bits per heavy atom. The van der Waals surface area contributed by atoms with Gasteiger partial charge < -0.3 is 11.1 Å². The number of primary amides is 1. The minimum absolute atomic E-state index is 0.456. The van der Waals surface area contributed by atoms with E-state index in [4.69, 9.17) is 5.73 Å². The van der Waals surface area contributed by atoms with E-state index in [0.717, 1.165) is 27.9 Å². The lowest BCUT2D eigenvalue weighted by Gasteiger charge is -2.16. The normalized spacial score (nSPS) is 10.3. The van der Waals surface area contributed by atoms with Crippen molar-refractivity contribution in [2.75, 3.05) is 12.4 Å². The molecule has 3 N–H and O–H groups in total. The Bertz CT molecular complexity index is 830. The van der Waals surface area contributed by atoms with Crippen LogP contribution in [0.1, 0.15) is 10.4 Å². The van der Waals surface area contributed by atoms with Crippen molar-refractivity contribution in [2.45, 2.75) is 0 Å². The van der Waals surface area contributed by atoms with Gasteiger partial charge in [0.15, 0.2) is 0 Å². The summed E-state index contributed by atoms with van der Waals surface area (Å²) in [7, 11) is 1.79. The van der Waals surface area contributed by atoms with Gasteiger partial charge in [-0.15, -0.1) is 0 Å². The van der Waals surface area contributed by atoms with Crippen molar-refractivity contribution in [1.29, 1.82) is 0 Å². The molecule has 2 aromatic carbocycles. The quantitative estimate of drug-likeness (QED) is 0.774. The zero-order chi connectivity index (χ0) is 16.2. The van der Waals surface area contributed by atoms with E-state index < -0.39 is 5.91 Å². The van der Waals surface area contributed by atoms with Crippen molar-refractivity contribution in [1.82, 2.24) is 4.98 Å². The maximum atomic E-state index is 11.9. The minimum atomic E-state index is -0.456. The zero-order valence-electron chi connectivity index (χ0n) is 12.8. The highest BCUT2D eigenvalue weighted by Crippen LogP contribution is 2.35. The smallest absolute Gasteiger partial charge is 0.250 e. The predicted molar refractivity (Wildman–Crippen MR) is 93.2 cm³/mol. The molecule has 4 nitrogen and oxygen atoms in total. The van der Waals surface area contributed by atoms with E-state index in [1.807, 2.05) is 48.5 Å². The third-order valence-electron chi connectivity index (χ3n) is 3.75. The summed E-state index contributed by atoms with van der Waals surface area (Å²) < 4.78 is 0. The first-order valence-electron chi connectivity index (χ1n) is 7.32. The van der Waals surface area contributed by atoms with Gasteiger partial charge in [0.25, 0.3) is 5.91 Å². The largest absolute Gasteiger partial charge is 0.387 e. The van der Waals surface area contributed by atoms with Gasteiger partial charge in [-0.3, -0.25) is 9.78 Å². The van der Waals surface area contributed by atoms with Crippen LogP contribution in [0.3, 0.4) is 0 Å². The fourth-order valence-electron chi connectivity index (χ4n) is 2.66. The molecule has 0 aliphatic carbocycles. The van der Waals surface area contributed by atoms with E-state index in [9.17, 15) is 4.79 Å². The van der Waals surface area contributed by atoms with Gasteiger partial charge in [-0.1, -0.05) is 30.3 Å². The molecule has 0 radical (unpaired) electrons. The molecule has 1 amide bonds. The summed E-state index contributed by atoms with van der Waals surface area (Å²) in [5.74, 6) is -0.456. The van der Waals surface area contributed by atoms with Crippen LogP contribution in [0.2, 0.25) is 0 Å². The summed E-state index contributed by atoms with van der Waals surface area (Å²) in [5.41, 5.74) is 10.7. The molecular formula is C19H17N3O. The van der Waals surface area contributed by atoms with Gasteiger partial charge in [0, 0.05) is 25.0 Å². The summed E-state index contributed by atoms with van der Waals surface area (Å²) in [6, 6.07) is 17.6. The second-order valence-corrected chi connectivity index (χ2v) is 5.16. The number of nitrogens with two attached hydrogens (primary N) is 1. The molecular weight excluding hydrogens is 286 g/mol. The fourth-order valence-corrected chi connectivity index (χ4v) is 2.66. The Morgan fingerprint density at radius 3 is 2.26 bits per heavy atom. The highest BCUT2D eigenvalue weighted by atomic mass is 16.1. The van der Waals surface area contributed by atoms with Crippen molar-refractivity contribution in [2.24, 2.45) is 5.73 Å². The Labute approximate surface area is 135 Å². The molecule has 1 aromatic heterocycles. The maximum Gasteiger partial charge on any atom is 0.250 e. The van der Waals surface area contributed by atoms with E-state index in [0.29, 0.717) is 5.56 Å². The zero-order valence-corrected chi connectivity index (χ0v) is 12.8. The molecule has 0 unspecified atom stereocenters. The topological polar surface area (TPSA) is 68.0 Å². The number of carbonyl (C=O) groups excluding carboxylic acids is 1. The molecule has 0 aliphatic heterocycles. The van der Waals surface area contributed by atoms with Gasteiger partial charge in [0.1, 0.15) is 0 Å². The molecule has 0 atom stereocenters. The number of anilines is 1. The molecule has 0 fully saturated rings. The number of hydrogen-bond donors (Lipinski definition) is 2. The predicted octanol–water partition coefficient (Wildman–Crippen LogP) is 3.56. The van der Waals surface area contributed by atoms with Gasteiger partial charge >= 0.3 is 0 Å². The number of nitrogens with one attached hydrogen (secondary N) is 1. The number of nitrogens with zero attached hydrogens (tertiary/aromatic N) is 1. The summed E-state index contributed by atoms with van der Waals surface area (Å²) in [6.45, 7) is 0. The Morgan fingerprint density at radius 1 is 0.957 bits per heavy atom. The van der Waals surface area contributed by atoms with Crippen LogP contribution in [0.15, 0.2) is 67.0 Å². The van der Waals surface area contributed by atoms with Crippen molar-refractivity contribution >= 4 is 11.6 Å². The highest BCUT2D eigenvalue weighted by molar-refractivity contribution is 6.04. The van der Waals surface area contributed by atoms with Gasteiger partial charge in [0.05, 0.1) is 11.3 Å². The number of hydrogen-bond acceptors (Lipinski definition) is 3. The number of rotatable bonds is 4. The van der Waals surface area contributed by atoms with E-state index in [1.54, 1.807) is 19.4 Å². The second-order valence-electron chi connectivity index (χ2n) is 5.16. The van der Waals surface area contributed by atoms with Gasteiger partial charge in [-0.2, -0.15) is 0 Å². The van der Waals surface area contributed by atoms with Crippen LogP contribution in [0.5, 0.6) is 0 Å². The van der Waals surface area contributed by atoms with Crippen LogP contribution in [-0.4, -0.2) is 17.9 Å². The lowest BCUT2D eigenvalue weighted by Crippen LogP contribution is -2.14. The molecule has 0 aliphatic rings. The summed E-state index contributed by atoms with van der Waals surface area (Å²) in [6.07, 6.45) is 3.46. The third-order valence-corrected chi connectivity index (χ3v) is 3.75. The Balaban J connectivity index is 2.29. The van der Waals surface area contributed by atoms with Crippen molar-refractivity contribution < 1.29 is 4.79 Å². The number of carbonyl (C=O) groups is 1. The first kappa shape index (κ1) is 14.8. The van der Waals surface area contributed by atoms with Crippen molar-refractivity contribution in [3.05, 3.63) is 72.6 Å². The third kappa shape index (κ3) is 2.92. The number of benzene rings is 2. The van der Waals surface area contributed by atoms with Crippen LogP contribution in [-0.2, 0) is 0 Å². The molecule has 114 valence electrons. The van der Waals surface area contributed by atoms with Crippen LogP contribution in [0.25, 0.3) is 22.3 Å². The van der Waals surface area contributed by atoms with E-state index in [2.05, 4.69) is 16.4 Å². The lowest BCUT2D eigenvalue weighted by molar-refractivity contribution is 0.100. The first-order valence-corrected chi connectivity index (χ1v) is 7.32. The standard InChI is InChI=1S/C19H17N3O/c1-21-18-16(14-7-9-22-10-8-14)11-15(12-17(18)19(20)23)13-5-3-2-4-6-13/h2-12,21H,1H3,(H2,20,23). The molecule has 0 bridgehead atoms. The summed E-state index contributed by atoms with van der Waals surface area (Å²) in [4.78, 5) is 16.0. The van der Waals surface area contributed by atoms with Crippen molar-refractivity contribution in [3.63, 3.8) is 0 Å². The average Bonchev–Trinajstić information content (AvgIpc) is 2.62. The number of aromatic nitrogens is 1. The van der Waals surface area contributed by atoms with E-state index >= 15 is 0 Å².